The zero-order valence-corrected chi connectivity index (χ0v) is 13.7. The van der Waals surface area contributed by atoms with Crippen LogP contribution in [-0.4, -0.2) is 29.7 Å². The van der Waals surface area contributed by atoms with Crippen molar-refractivity contribution in [3.05, 3.63) is 34.4 Å². The summed E-state index contributed by atoms with van der Waals surface area (Å²) in [7, 11) is 0. The largest absolute Gasteiger partial charge is 0.335 e. The first-order chi connectivity index (χ1) is 9.79. The maximum absolute atomic E-state index is 12.5. The van der Waals surface area contributed by atoms with Gasteiger partial charge in [-0.2, -0.15) is 0 Å². The minimum Gasteiger partial charge on any atom is -0.335 e. The van der Waals surface area contributed by atoms with Crippen LogP contribution in [0.15, 0.2) is 12.1 Å². The second-order valence-corrected chi connectivity index (χ2v) is 6.66. The van der Waals surface area contributed by atoms with Crippen molar-refractivity contribution in [1.29, 1.82) is 0 Å². The molecule has 1 fully saturated rings. The van der Waals surface area contributed by atoms with Gasteiger partial charge in [-0.05, 0) is 55.4 Å². The number of amides is 1. The number of nitrogens with zero attached hydrogens (tertiary/aromatic N) is 1. The molecule has 3 nitrogen and oxygen atoms in total. The predicted molar refractivity (Wildman–Crippen MR) is 84.5 cm³/mol. The lowest BCUT2D eigenvalue weighted by Crippen LogP contribution is -2.32. The number of Topliss-reactive ketones (excluding diaryl/α,β-unsaturated/α-hetero) is 1. The molecule has 2 rings (SSSR count). The molecule has 0 bridgehead atoms. The highest BCUT2D eigenvalue weighted by molar-refractivity contribution is 6.01. The van der Waals surface area contributed by atoms with Crippen molar-refractivity contribution in [1.82, 2.24) is 4.90 Å². The molecule has 21 heavy (non-hydrogen) atoms. The van der Waals surface area contributed by atoms with Crippen molar-refractivity contribution >= 4 is 11.7 Å². The summed E-state index contributed by atoms with van der Waals surface area (Å²) in [5.41, 5.74) is 4.06. The van der Waals surface area contributed by atoms with Crippen LogP contribution in [0.5, 0.6) is 0 Å². The summed E-state index contributed by atoms with van der Waals surface area (Å²) in [6.07, 6.45) is 0.580. The Labute approximate surface area is 127 Å². The minimum atomic E-state index is 0.0494. The Morgan fingerprint density at radius 1 is 1.19 bits per heavy atom. The predicted octanol–water partition coefficient (Wildman–Crippen LogP) is 3.30. The molecule has 1 heterocycles. The van der Waals surface area contributed by atoms with E-state index >= 15 is 0 Å². The van der Waals surface area contributed by atoms with Gasteiger partial charge >= 0.3 is 0 Å². The van der Waals surface area contributed by atoms with E-state index in [1.54, 1.807) is 4.90 Å². The van der Waals surface area contributed by atoms with Crippen molar-refractivity contribution in [3.8, 4) is 0 Å². The van der Waals surface area contributed by atoms with E-state index in [9.17, 15) is 9.59 Å². The van der Waals surface area contributed by atoms with Gasteiger partial charge in [-0.3, -0.25) is 9.59 Å². The zero-order valence-electron chi connectivity index (χ0n) is 13.7. The average Bonchev–Trinajstić information content (AvgIpc) is 2.75. The van der Waals surface area contributed by atoms with Crippen LogP contribution in [0.1, 0.15) is 47.3 Å². The first-order valence-electron chi connectivity index (χ1n) is 7.68. The van der Waals surface area contributed by atoms with Gasteiger partial charge in [0.2, 0.25) is 5.91 Å². The van der Waals surface area contributed by atoms with Gasteiger partial charge in [-0.1, -0.05) is 19.9 Å². The number of hydrogen-bond acceptors (Lipinski definition) is 2. The van der Waals surface area contributed by atoms with E-state index in [2.05, 4.69) is 13.8 Å². The molecule has 1 atom stereocenters. The summed E-state index contributed by atoms with van der Waals surface area (Å²) in [6.45, 7) is 11.2. The number of rotatable bonds is 4. The first kappa shape index (κ1) is 15.7. The lowest BCUT2D eigenvalue weighted by atomic mass is 9.95. The monoisotopic (exact) mass is 287 g/mol. The lowest BCUT2D eigenvalue weighted by Gasteiger charge is -2.18. The van der Waals surface area contributed by atoms with Crippen LogP contribution < -0.4 is 0 Å². The number of carbonyl (C=O) groups excluding carboxylic acids is 2. The van der Waals surface area contributed by atoms with Crippen molar-refractivity contribution in [2.24, 2.45) is 11.8 Å². The second kappa shape index (κ2) is 6.00. The molecule has 0 aliphatic carbocycles. The highest BCUT2D eigenvalue weighted by Crippen LogP contribution is 2.25. The molecule has 0 aromatic heterocycles. The highest BCUT2D eigenvalue weighted by Gasteiger charge is 2.32. The fourth-order valence-corrected chi connectivity index (χ4v) is 2.92. The van der Waals surface area contributed by atoms with Gasteiger partial charge in [0, 0.05) is 18.5 Å². The lowest BCUT2D eigenvalue weighted by molar-refractivity contribution is -0.127. The molecular weight excluding hydrogens is 262 g/mol. The normalized spacial score (nSPS) is 18.7. The van der Waals surface area contributed by atoms with Crippen molar-refractivity contribution in [2.45, 2.75) is 41.0 Å². The van der Waals surface area contributed by atoms with Crippen LogP contribution in [0, 0.1) is 32.6 Å². The van der Waals surface area contributed by atoms with Crippen LogP contribution >= 0.6 is 0 Å². The maximum atomic E-state index is 12.5. The van der Waals surface area contributed by atoms with E-state index in [0.29, 0.717) is 24.8 Å². The van der Waals surface area contributed by atoms with Gasteiger partial charge in [0.15, 0.2) is 5.78 Å². The minimum absolute atomic E-state index is 0.0494. The summed E-state index contributed by atoms with van der Waals surface area (Å²) in [6, 6.07) is 4.00. The molecule has 0 radical (unpaired) electrons. The molecule has 1 unspecified atom stereocenters. The molecule has 1 aromatic carbocycles. The Morgan fingerprint density at radius 2 is 1.81 bits per heavy atom. The summed E-state index contributed by atoms with van der Waals surface area (Å²) in [5.74, 6) is 1.03. The number of hydrogen-bond donors (Lipinski definition) is 0. The van der Waals surface area contributed by atoms with Crippen molar-refractivity contribution in [2.75, 3.05) is 13.1 Å². The molecule has 0 N–H and O–H groups in total. The molecule has 0 saturated carbocycles. The summed E-state index contributed by atoms with van der Waals surface area (Å²) >= 11 is 0. The van der Waals surface area contributed by atoms with Crippen LogP contribution in [0.2, 0.25) is 0 Å². The van der Waals surface area contributed by atoms with Crippen LogP contribution in [-0.2, 0) is 4.79 Å². The summed E-state index contributed by atoms with van der Waals surface area (Å²) in [5, 5.41) is 0. The van der Waals surface area contributed by atoms with Gasteiger partial charge < -0.3 is 4.90 Å². The Hall–Kier alpha value is -1.64. The summed E-state index contributed by atoms with van der Waals surface area (Å²) in [4.78, 5) is 26.3. The van der Waals surface area contributed by atoms with Crippen molar-refractivity contribution in [3.63, 3.8) is 0 Å². The van der Waals surface area contributed by atoms with Gasteiger partial charge in [0.1, 0.15) is 0 Å². The fourth-order valence-electron chi connectivity index (χ4n) is 2.92. The van der Waals surface area contributed by atoms with E-state index in [4.69, 9.17) is 0 Å². The molecule has 1 amide bonds. The van der Waals surface area contributed by atoms with Crippen LogP contribution in [0.25, 0.3) is 0 Å². The summed E-state index contributed by atoms with van der Waals surface area (Å²) < 4.78 is 0. The zero-order chi connectivity index (χ0) is 15.7. The number of ketones is 1. The quantitative estimate of drug-likeness (QED) is 0.797. The van der Waals surface area contributed by atoms with E-state index in [0.717, 1.165) is 16.7 Å². The SMILES string of the molecule is Cc1cc(C)c(C(=O)CN2CC(C(C)C)CC2=O)cc1C. The molecule has 3 heteroatoms. The molecular formula is C18H25NO2. The van der Waals surface area contributed by atoms with Crippen LogP contribution in [0.3, 0.4) is 0 Å². The third-order valence-corrected chi connectivity index (χ3v) is 4.66. The Kier molecular flexibility index (Phi) is 4.50. The van der Waals surface area contributed by atoms with Crippen molar-refractivity contribution < 1.29 is 9.59 Å². The first-order valence-corrected chi connectivity index (χ1v) is 7.68. The smallest absolute Gasteiger partial charge is 0.223 e. The van der Waals surface area contributed by atoms with Gasteiger partial charge in [0.25, 0.3) is 0 Å². The van der Waals surface area contributed by atoms with E-state index in [-0.39, 0.29) is 18.2 Å². The van der Waals surface area contributed by atoms with E-state index in [1.165, 1.54) is 5.56 Å². The Balaban J connectivity index is 2.12. The molecule has 1 aliphatic rings. The average molecular weight is 287 g/mol. The van der Waals surface area contributed by atoms with Crippen LogP contribution in [0.4, 0.5) is 0 Å². The van der Waals surface area contributed by atoms with E-state index in [1.807, 2.05) is 32.9 Å². The highest BCUT2D eigenvalue weighted by atomic mass is 16.2. The van der Waals surface area contributed by atoms with Gasteiger partial charge in [-0.25, -0.2) is 0 Å². The molecule has 1 saturated heterocycles. The molecule has 1 aromatic rings. The van der Waals surface area contributed by atoms with Gasteiger partial charge in [-0.15, -0.1) is 0 Å². The second-order valence-electron chi connectivity index (χ2n) is 6.66. The molecule has 0 spiro atoms. The molecule has 114 valence electrons. The molecule has 1 aliphatic heterocycles. The van der Waals surface area contributed by atoms with E-state index < -0.39 is 0 Å². The number of aryl methyl sites for hydroxylation is 3. The third kappa shape index (κ3) is 3.34. The van der Waals surface area contributed by atoms with Gasteiger partial charge in [0.05, 0.1) is 6.54 Å². The number of carbonyl (C=O) groups is 2. The number of likely N-dealkylation sites (tertiary alicyclic amines) is 1. The third-order valence-electron chi connectivity index (χ3n) is 4.66. The standard InChI is InChI=1S/C18H25NO2/c1-11(2)15-8-18(21)19(9-15)10-17(20)16-7-13(4)12(3)6-14(16)5/h6-7,11,15H,8-10H2,1-5H3. The fraction of sp³-hybridized carbons (Fsp3) is 0.556. The Morgan fingerprint density at radius 3 is 2.38 bits per heavy atom. The topological polar surface area (TPSA) is 37.4 Å². The number of benzene rings is 1. The Bertz CT molecular complexity index is 575. The maximum Gasteiger partial charge on any atom is 0.223 e.